The fourth-order valence-electron chi connectivity index (χ4n) is 2.54. The molecule has 3 rings (SSSR count). The number of aromatic amines is 1. The predicted molar refractivity (Wildman–Crippen MR) is 81.2 cm³/mol. The van der Waals surface area contributed by atoms with E-state index in [1.165, 1.54) is 0 Å². The summed E-state index contributed by atoms with van der Waals surface area (Å²) >= 11 is 0. The van der Waals surface area contributed by atoms with Gasteiger partial charge in [-0.15, -0.1) is 0 Å². The molecule has 4 nitrogen and oxygen atoms in total. The van der Waals surface area contributed by atoms with E-state index in [-0.39, 0.29) is 12.3 Å². The van der Waals surface area contributed by atoms with E-state index < -0.39 is 5.97 Å². The fraction of sp³-hybridized carbons (Fsp3) is 0.176. The van der Waals surface area contributed by atoms with Crippen molar-refractivity contribution in [3.8, 4) is 0 Å². The molecule has 0 aliphatic rings. The van der Waals surface area contributed by atoms with Crippen LogP contribution in [0, 0.1) is 0 Å². The Labute approximate surface area is 122 Å². The monoisotopic (exact) mass is 280 g/mol. The van der Waals surface area contributed by atoms with Crippen LogP contribution in [0.1, 0.15) is 23.7 Å². The standard InChI is InChI=1S/C17H16N2O2/c20-16(21)11-13(10-12-6-2-1-3-7-12)17-18-14-8-4-5-9-15(14)19-17/h1-9,13H,10-11H2,(H,18,19)(H,20,21). The molecule has 2 aromatic carbocycles. The third-order valence-electron chi connectivity index (χ3n) is 3.54. The molecule has 2 N–H and O–H groups in total. The van der Waals surface area contributed by atoms with Crippen molar-refractivity contribution in [1.29, 1.82) is 0 Å². The van der Waals surface area contributed by atoms with Crippen LogP contribution in [-0.2, 0) is 11.2 Å². The Bertz CT molecular complexity index is 717. The van der Waals surface area contributed by atoms with Gasteiger partial charge in [0.25, 0.3) is 0 Å². The predicted octanol–water partition coefficient (Wildman–Crippen LogP) is 3.36. The summed E-state index contributed by atoms with van der Waals surface area (Å²) in [5.74, 6) is -0.226. The molecule has 1 heterocycles. The molecular formula is C17H16N2O2. The minimum absolute atomic E-state index is 0.0642. The number of hydrogen-bond donors (Lipinski definition) is 2. The summed E-state index contributed by atoms with van der Waals surface area (Å²) in [5.41, 5.74) is 2.93. The number of aromatic nitrogens is 2. The summed E-state index contributed by atoms with van der Waals surface area (Å²) in [4.78, 5) is 18.9. The van der Waals surface area contributed by atoms with E-state index in [1.807, 2.05) is 54.6 Å². The van der Waals surface area contributed by atoms with Gasteiger partial charge in [-0.25, -0.2) is 4.98 Å². The van der Waals surface area contributed by atoms with Crippen LogP contribution in [0.5, 0.6) is 0 Å². The van der Waals surface area contributed by atoms with Gasteiger partial charge < -0.3 is 10.1 Å². The highest BCUT2D eigenvalue weighted by atomic mass is 16.4. The fourth-order valence-corrected chi connectivity index (χ4v) is 2.54. The average Bonchev–Trinajstić information content (AvgIpc) is 2.91. The molecule has 0 spiro atoms. The summed E-state index contributed by atoms with van der Waals surface area (Å²) < 4.78 is 0. The summed E-state index contributed by atoms with van der Waals surface area (Å²) in [6, 6.07) is 17.6. The lowest BCUT2D eigenvalue weighted by molar-refractivity contribution is -0.137. The van der Waals surface area contributed by atoms with E-state index in [1.54, 1.807) is 0 Å². The average molecular weight is 280 g/mol. The normalized spacial score (nSPS) is 12.4. The molecule has 0 saturated carbocycles. The minimum Gasteiger partial charge on any atom is -0.481 e. The van der Waals surface area contributed by atoms with E-state index in [2.05, 4.69) is 9.97 Å². The topological polar surface area (TPSA) is 66.0 Å². The van der Waals surface area contributed by atoms with Gasteiger partial charge in [0.1, 0.15) is 5.82 Å². The molecule has 3 aromatic rings. The maximum absolute atomic E-state index is 11.1. The Kier molecular flexibility index (Phi) is 3.69. The number of imidazole rings is 1. The highest BCUT2D eigenvalue weighted by Crippen LogP contribution is 2.24. The number of aliphatic carboxylic acids is 1. The van der Waals surface area contributed by atoms with Crippen molar-refractivity contribution in [3.63, 3.8) is 0 Å². The lowest BCUT2D eigenvalue weighted by atomic mass is 9.95. The maximum atomic E-state index is 11.1. The lowest BCUT2D eigenvalue weighted by Gasteiger charge is -2.12. The second-order valence-electron chi connectivity index (χ2n) is 5.12. The lowest BCUT2D eigenvalue weighted by Crippen LogP contribution is -2.10. The van der Waals surface area contributed by atoms with Crippen LogP contribution < -0.4 is 0 Å². The number of carbonyl (C=O) groups is 1. The SMILES string of the molecule is O=C(O)CC(Cc1ccccc1)c1nc2ccccc2[nH]1. The van der Waals surface area contributed by atoms with Gasteiger partial charge >= 0.3 is 5.97 Å². The first kappa shape index (κ1) is 13.4. The van der Waals surface area contributed by atoms with Crippen LogP contribution >= 0.6 is 0 Å². The van der Waals surface area contributed by atoms with Crippen molar-refractivity contribution in [1.82, 2.24) is 9.97 Å². The summed E-state index contributed by atoms with van der Waals surface area (Å²) in [5, 5.41) is 9.16. The van der Waals surface area contributed by atoms with Gasteiger partial charge in [0, 0.05) is 5.92 Å². The highest BCUT2D eigenvalue weighted by Gasteiger charge is 2.19. The Balaban J connectivity index is 1.92. The first-order valence-corrected chi connectivity index (χ1v) is 6.93. The Hall–Kier alpha value is -2.62. The van der Waals surface area contributed by atoms with Gasteiger partial charge in [-0.2, -0.15) is 0 Å². The smallest absolute Gasteiger partial charge is 0.304 e. The Morgan fingerprint density at radius 3 is 2.52 bits per heavy atom. The third-order valence-corrected chi connectivity index (χ3v) is 3.54. The van der Waals surface area contributed by atoms with Crippen molar-refractivity contribution >= 4 is 17.0 Å². The van der Waals surface area contributed by atoms with Crippen LogP contribution in [0.25, 0.3) is 11.0 Å². The molecule has 1 atom stereocenters. The van der Waals surface area contributed by atoms with E-state index >= 15 is 0 Å². The number of hydrogen-bond acceptors (Lipinski definition) is 2. The minimum atomic E-state index is -0.809. The molecule has 0 aliphatic heterocycles. The number of nitrogens with one attached hydrogen (secondary N) is 1. The van der Waals surface area contributed by atoms with Gasteiger partial charge in [0.2, 0.25) is 0 Å². The number of benzene rings is 2. The number of nitrogens with zero attached hydrogens (tertiary/aromatic N) is 1. The second-order valence-corrected chi connectivity index (χ2v) is 5.12. The molecule has 21 heavy (non-hydrogen) atoms. The van der Waals surface area contributed by atoms with Crippen molar-refractivity contribution in [2.75, 3.05) is 0 Å². The third kappa shape index (κ3) is 3.11. The Morgan fingerprint density at radius 2 is 1.81 bits per heavy atom. The van der Waals surface area contributed by atoms with Crippen LogP contribution in [0.3, 0.4) is 0 Å². The zero-order chi connectivity index (χ0) is 14.7. The van der Waals surface area contributed by atoms with Crippen LogP contribution in [0.15, 0.2) is 54.6 Å². The van der Waals surface area contributed by atoms with Crippen LogP contribution in [0.2, 0.25) is 0 Å². The maximum Gasteiger partial charge on any atom is 0.304 e. The summed E-state index contributed by atoms with van der Waals surface area (Å²) in [6.07, 6.45) is 0.724. The van der Waals surface area contributed by atoms with Crippen molar-refractivity contribution in [3.05, 3.63) is 66.0 Å². The summed E-state index contributed by atoms with van der Waals surface area (Å²) in [6.45, 7) is 0. The first-order chi connectivity index (χ1) is 10.2. The zero-order valence-electron chi connectivity index (χ0n) is 11.5. The molecule has 0 radical (unpaired) electrons. The molecule has 0 bridgehead atoms. The van der Waals surface area contributed by atoms with Gasteiger partial charge in [-0.3, -0.25) is 4.79 Å². The molecule has 0 amide bonds. The molecule has 0 aliphatic carbocycles. The highest BCUT2D eigenvalue weighted by molar-refractivity contribution is 5.75. The van der Waals surface area contributed by atoms with E-state index in [0.717, 1.165) is 22.4 Å². The van der Waals surface area contributed by atoms with E-state index in [9.17, 15) is 4.79 Å². The quantitative estimate of drug-likeness (QED) is 0.753. The molecule has 0 fully saturated rings. The molecular weight excluding hydrogens is 264 g/mol. The van der Waals surface area contributed by atoms with Gasteiger partial charge in [-0.1, -0.05) is 42.5 Å². The molecule has 4 heteroatoms. The van der Waals surface area contributed by atoms with Gasteiger partial charge in [0.05, 0.1) is 17.5 Å². The molecule has 1 unspecified atom stereocenters. The van der Waals surface area contributed by atoms with E-state index in [4.69, 9.17) is 5.11 Å². The van der Waals surface area contributed by atoms with Crippen LogP contribution in [-0.4, -0.2) is 21.0 Å². The van der Waals surface area contributed by atoms with Crippen molar-refractivity contribution < 1.29 is 9.90 Å². The van der Waals surface area contributed by atoms with E-state index in [0.29, 0.717) is 6.42 Å². The van der Waals surface area contributed by atoms with Crippen LogP contribution in [0.4, 0.5) is 0 Å². The Morgan fingerprint density at radius 1 is 1.10 bits per heavy atom. The molecule has 0 saturated heterocycles. The number of rotatable bonds is 5. The largest absolute Gasteiger partial charge is 0.481 e. The number of carboxylic acid groups (broad SMARTS) is 1. The molecule has 1 aromatic heterocycles. The molecule has 106 valence electrons. The first-order valence-electron chi connectivity index (χ1n) is 6.93. The second kappa shape index (κ2) is 5.79. The number of carboxylic acids is 1. The van der Waals surface area contributed by atoms with Crippen molar-refractivity contribution in [2.24, 2.45) is 0 Å². The van der Waals surface area contributed by atoms with Gasteiger partial charge in [-0.05, 0) is 24.1 Å². The van der Waals surface area contributed by atoms with Gasteiger partial charge in [0.15, 0.2) is 0 Å². The summed E-state index contributed by atoms with van der Waals surface area (Å²) in [7, 11) is 0. The van der Waals surface area contributed by atoms with Crippen molar-refractivity contribution in [2.45, 2.75) is 18.8 Å². The number of para-hydroxylation sites is 2. The number of H-pyrrole nitrogens is 1. The number of fused-ring (bicyclic) bond motifs is 1. The zero-order valence-corrected chi connectivity index (χ0v) is 11.5.